The molecular weight excluding hydrogens is 367 g/mol. The summed E-state index contributed by atoms with van der Waals surface area (Å²) in [5.41, 5.74) is 6.08. The van der Waals surface area contributed by atoms with E-state index in [1.165, 1.54) is 3.57 Å². The van der Waals surface area contributed by atoms with Gasteiger partial charge in [0.1, 0.15) is 11.6 Å². The van der Waals surface area contributed by atoms with E-state index in [9.17, 15) is 0 Å². The maximum Gasteiger partial charge on any atom is 0.132 e. The van der Waals surface area contributed by atoms with Gasteiger partial charge in [0.2, 0.25) is 0 Å². The van der Waals surface area contributed by atoms with Crippen molar-refractivity contribution in [2.24, 2.45) is 5.73 Å². The number of nitrogens with two attached hydrogens (primary N) is 1. The van der Waals surface area contributed by atoms with Crippen LogP contribution in [0.3, 0.4) is 0 Å². The second kappa shape index (κ2) is 6.44. The predicted molar refractivity (Wildman–Crippen MR) is 89.4 cm³/mol. The summed E-state index contributed by atoms with van der Waals surface area (Å²) in [7, 11) is 0. The van der Waals surface area contributed by atoms with Gasteiger partial charge in [-0.15, -0.1) is 0 Å². The Morgan fingerprint density at radius 2 is 1.85 bits per heavy atom. The van der Waals surface area contributed by atoms with Crippen molar-refractivity contribution >= 4 is 34.2 Å². The number of piperidine rings is 1. The largest absolute Gasteiger partial charge is 0.378 e. The van der Waals surface area contributed by atoms with Gasteiger partial charge in [-0.25, -0.2) is 4.98 Å². The number of aromatic nitrogens is 1. The molecule has 0 aromatic carbocycles. The highest BCUT2D eigenvalue weighted by atomic mass is 127. The molecule has 110 valence electrons. The molecule has 2 N–H and O–H groups in total. The lowest BCUT2D eigenvalue weighted by Gasteiger charge is -2.33. The van der Waals surface area contributed by atoms with E-state index >= 15 is 0 Å². The minimum atomic E-state index is 0.273. The van der Waals surface area contributed by atoms with Crippen molar-refractivity contribution in [3.8, 4) is 0 Å². The van der Waals surface area contributed by atoms with E-state index in [1.54, 1.807) is 0 Å². The SMILES string of the molecule is N[C@@H]1CCCN(c2cc(I)cc(N3CCOCC3)n2)C1. The molecule has 1 atom stereocenters. The topological polar surface area (TPSA) is 54.6 Å². The fourth-order valence-electron chi connectivity index (χ4n) is 2.80. The van der Waals surface area contributed by atoms with Gasteiger partial charge in [0.15, 0.2) is 0 Å². The van der Waals surface area contributed by atoms with Crippen molar-refractivity contribution in [2.45, 2.75) is 18.9 Å². The molecule has 0 unspecified atom stereocenters. The zero-order valence-electron chi connectivity index (χ0n) is 11.6. The molecule has 3 heterocycles. The Hall–Kier alpha value is -0.600. The molecule has 0 spiro atoms. The Morgan fingerprint density at radius 3 is 2.55 bits per heavy atom. The highest BCUT2D eigenvalue weighted by Gasteiger charge is 2.20. The van der Waals surface area contributed by atoms with Crippen LogP contribution in [0.5, 0.6) is 0 Å². The highest BCUT2D eigenvalue weighted by Crippen LogP contribution is 2.24. The average Bonchev–Trinajstić information content (AvgIpc) is 2.47. The zero-order chi connectivity index (χ0) is 13.9. The van der Waals surface area contributed by atoms with E-state index in [0.717, 1.165) is 63.9 Å². The van der Waals surface area contributed by atoms with E-state index in [2.05, 4.69) is 44.5 Å². The molecule has 6 heteroatoms. The van der Waals surface area contributed by atoms with Crippen molar-refractivity contribution in [2.75, 3.05) is 49.2 Å². The molecule has 0 aliphatic carbocycles. The van der Waals surface area contributed by atoms with Crippen LogP contribution in [0.25, 0.3) is 0 Å². The molecular formula is C14H21IN4O. The standard InChI is InChI=1S/C14H21IN4O/c15-11-8-13(18-4-6-20-7-5-18)17-14(9-11)19-3-1-2-12(16)10-19/h8-9,12H,1-7,10,16H2/t12-/m1/s1. The lowest BCUT2D eigenvalue weighted by molar-refractivity contribution is 0.122. The van der Waals surface area contributed by atoms with E-state index in [1.807, 2.05) is 0 Å². The molecule has 20 heavy (non-hydrogen) atoms. The van der Waals surface area contributed by atoms with Crippen LogP contribution in [0.1, 0.15) is 12.8 Å². The third kappa shape index (κ3) is 3.35. The van der Waals surface area contributed by atoms with Crippen molar-refractivity contribution in [1.29, 1.82) is 0 Å². The number of hydrogen-bond acceptors (Lipinski definition) is 5. The number of nitrogens with zero attached hydrogens (tertiary/aromatic N) is 3. The van der Waals surface area contributed by atoms with Crippen LogP contribution in [-0.4, -0.2) is 50.4 Å². The second-order valence-corrected chi connectivity index (χ2v) is 6.70. The van der Waals surface area contributed by atoms with E-state index < -0.39 is 0 Å². The molecule has 3 rings (SSSR count). The van der Waals surface area contributed by atoms with Crippen molar-refractivity contribution in [1.82, 2.24) is 4.98 Å². The van der Waals surface area contributed by atoms with Crippen molar-refractivity contribution < 1.29 is 4.74 Å². The van der Waals surface area contributed by atoms with Crippen LogP contribution in [-0.2, 0) is 4.74 Å². The van der Waals surface area contributed by atoms with Crippen LogP contribution < -0.4 is 15.5 Å². The Morgan fingerprint density at radius 1 is 1.15 bits per heavy atom. The first-order chi connectivity index (χ1) is 9.72. The monoisotopic (exact) mass is 388 g/mol. The number of rotatable bonds is 2. The summed E-state index contributed by atoms with van der Waals surface area (Å²) >= 11 is 2.37. The molecule has 2 aliphatic heterocycles. The number of ether oxygens (including phenoxy) is 1. The summed E-state index contributed by atoms with van der Waals surface area (Å²) in [5, 5.41) is 0. The second-order valence-electron chi connectivity index (χ2n) is 5.45. The maximum absolute atomic E-state index is 6.08. The molecule has 2 saturated heterocycles. The minimum absolute atomic E-state index is 0.273. The smallest absolute Gasteiger partial charge is 0.132 e. The van der Waals surface area contributed by atoms with Gasteiger partial charge in [0.05, 0.1) is 13.2 Å². The van der Waals surface area contributed by atoms with Crippen LogP contribution in [0.2, 0.25) is 0 Å². The Labute approximate surface area is 133 Å². The van der Waals surface area contributed by atoms with Crippen LogP contribution >= 0.6 is 22.6 Å². The predicted octanol–water partition coefficient (Wildman–Crippen LogP) is 1.45. The molecule has 0 saturated carbocycles. The van der Waals surface area contributed by atoms with E-state index in [-0.39, 0.29) is 6.04 Å². The maximum atomic E-state index is 6.08. The van der Waals surface area contributed by atoms with Gasteiger partial charge in [0.25, 0.3) is 0 Å². The molecule has 0 radical (unpaired) electrons. The van der Waals surface area contributed by atoms with Crippen molar-refractivity contribution in [3.63, 3.8) is 0 Å². The molecule has 5 nitrogen and oxygen atoms in total. The van der Waals surface area contributed by atoms with Gasteiger partial charge in [-0.2, -0.15) is 0 Å². The Bertz CT molecular complexity index is 464. The fraction of sp³-hybridized carbons (Fsp3) is 0.643. The quantitative estimate of drug-likeness (QED) is 0.778. The Kier molecular flexibility index (Phi) is 4.62. The van der Waals surface area contributed by atoms with Gasteiger partial charge in [-0.1, -0.05) is 0 Å². The lowest BCUT2D eigenvalue weighted by Crippen LogP contribution is -2.43. The first kappa shape index (κ1) is 14.3. The summed E-state index contributed by atoms with van der Waals surface area (Å²) < 4.78 is 6.64. The van der Waals surface area contributed by atoms with Gasteiger partial charge >= 0.3 is 0 Å². The van der Waals surface area contributed by atoms with Crippen molar-refractivity contribution in [3.05, 3.63) is 15.7 Å². The van der Waals surface area contributed by atoms with Crippen LogP contribution in [0.4, 0.5) is 11.6 Å². The molecule has 0 bridgehead atoms. The number of halogens is 1. The van der Waals surface area contributed by atoms with Gasteiger partial charge in [-0.05, 0) is 47.6 Å². The summed E-state index contributed by atoms with van der Waals surface area (Å²) in [6, 6.07) is 4.58. The zero-order valence-corrected chi connectivity index (χ0v) is 13.8. The van der Waals surface area contributed by atoms with E-state index in [4.69, 9.17) is 15.5 Å². The summed E-state index contributed by atoms with van der Waals surface area (Å²) in [4.78, 5) is 9.48. The van der Waals surface area contributed by atoms with E-state index in [0.29, 0.717) is 0 Å². The molecule has 1 aromatic heterocycles. The molecule has 0 amide bonds. The number of hydrogen-bond donors (Lipinski definition) is 1. The summed E-state index contributed by atoms with van der Waals surface area (Å²) in [6.07, 6.45) is 2.28. The first-order valence-corrected chi connectivity index (χ1v) is 8.31. The molecule has 2 fully saturated rings. The third-order valence-corrected chi connectivity index (χ3v) is 4.50. The lowest BCUT2D eigenvalue weighted by atomic mass is 10.1. The highest BCUT2D eigenvalue weighted by molar-refractivity contribution is 14.1. The van der Waals surface area contributed by atoms with Gasteiger partial charge in [-0.3, -0.25) is 0 Å². The Balaban J connectivity index is 1.82. The number of anilines is 2. The molecule has 2 aliphatic rings. The normalized spacial score (nSPS) is 24.0. The minimum Gasteiger partial charge on any atom is -0.378 e. The summed E-state index contributed by atoms with van der Waals surface area (Å²) in [6.45, 7) is 5.39. The molecule has 1 aromatic rings. The number of morpholine rings is 1. The van der Waals surface area contributed by atoms with Gasteiger partial charge < -0.3 is 20.3 Å². The third-order valence-electron chi connectivity index (χ3n) is 3.88. The van der Waals surface area contributed by atoms with Crippen LogP contribution in [0.15, 0.2) is 12.1 Å². The average molecular weight is 388 g/mol. The summed E-state index contributed by atoms with van der Waals surface area (Å²) in [5.74, 6) is 2.13. The van der Waals surface area contributed by atoms with Gasteiger partial charge in [0, 0.05) is 35.8 Å². The first-order valence-electron chi connectivity index (χ1n) is 7.23. The number of pyridine rings is 1. The van der Waals surface area contributed by atoms with Crippen LogP contribution in [0, 0.1) is 3.57 Å². The fourth-order valence-corrected chi connectivity index (χ4v) is 3.36.